The number of hydrogen-bond acceptors (Lipinski definition) is 6. The summed E-state index contributed by atoms with van der Waals surface area (Å²) < 4.78 is 0.931. The number of ketones is 1. The summed E-state index contributed by atoms with van der Waals surface area (Å²) in [5, 5.41) is 19.7. The van der Waals surface area contributed by atoms with Crippen molar-refractivity contribution in [3.05, 3.63) is 41.5 Å². The van der Waals surface area contributed by atoms with Crippen LogP contribution in [0.3, 0.4) is 0 Å². The van der Waals surface area contributed by atoms with Crippen molar-refractivity contribution in [3.8, 4) is 0 Å². The first-order valence-electron chi connectivity index (χ1n) is 10.8. The maximum atomic E-state index is 13.3. The number of unbranched alkanes of at least 4 members (excludes halogenated alkanes) is 1. The quantitative estimate of drug-likeness (QED) is 0.383. The molecule has 0 bridgehead atoms. The normalized spacial score (nSPS) is 13.5. The van der Waals surface area contributed by atoms with Gasteiger partial charge in [-0.1, -0.05) is 52.7 Å². The van der Waals surface area contributed by atoms with E-state index in [1.165, 1.54) is 23.6 Å². The Kier molecular flexibility index (Phi) is 7.47. The molecular formula is C23H29N5O4S. The number of fused-ring (bicyclic) bond motifs is 1. The highest BCUT2D eigenvalue weighted by Crippen LogP contribution is 2.43. The molecule has 3 aromatic rings. The number of hydrogen-bond donors (Lipinski definition) is 3. The van der Waals surface area contributed by atoms with Crippen molar-refractivity contribution in [2.75, 3.05) is 5.32 Å². The second-order valence-electron chi connectivity index (χ2n) is 8.92. The highest BCUT2D eigenvalue weighted by Gasteiger charge is 2.44. The molecule has 0 aliphatic heterocycles. The van der Waals surface area contributed by atoms with Crippen molar-refractivity contribution >= 4 is 45.2 Å². The molecular weight excluding hydrogens is 442 g/mol. The Morgan fingerprint density at radius 3 is 2.52 bits per heavy atom. The van der Waals surface area contributed by atoms with Gasteiger partial charge in [-0.15, -0.1) is 11.3 Å². The fourth-order valence-corrected chi connectivity index (χ4v) is 5.10. The zero-order valence-electron chi connectivity index (χ0n) is 19.2. The predicted molar refractivity (Wildman–Crippen MR) is 127 cm³/mol. The van der Waals surface area contributed by atoms with Crippen LogP contribution in [0.5, 0.6) is 0 Å². The Hall–Kier alpha value is -3.27. The molecule has 0 saturated heterocycles. The van der Waals surface area contributed by atoms with Gasteiger partial charge in [0.1, 0.15) is 16.9 Å². The van der Waals surface area contributed by atoms with Crippen LogP contribution in [-0.2, 0) is 9.59 Å². The molecule has 0 spiro atoms. The third kappa shape index (κ3) is 5.57. The molecule has 10 heteroatoms. The Morgan fingerprint density at radius 2 is 1.94 bits per heavy atom. The first-order valence-corrected chi connectivity index (χ1v) is 11.7. The van der Waals surface area contributed by atoms with Crippen LogP contribution in [0.25, 0.3) is 10.2 Å². The molecule has 1 aromatic carbocycles. The third-order valence-electron chi connectivity index (χ3n) is 5.31. The van der Waals surface area contributed by atoms with Gasteiger partial charge in [-0.3, -0.25) is 19.6 Å². The summed E-state index contributed by atoms with van der Waals surface area (Å²) >= 11 is 1.40. The summed E-state index contributed by atoms with van der Waals surface area (Å²) in [6, 6.07) is 7.22. The highest BCUT2D eigenvalue weighted by atomic mass is 32.1. The fourth-order valence-electron chi connectivity index (χ4n) is 3.79. The Labute approximate surface area is 196 Å². The molecule has 2 heterocycles. The van der Waals surface area contributed by atoms with Gasteiger partial charge in [0.2, 0.25) is 5.78 Å². The number of anilines is 1. The Bertz CT molecular complexity index is 1090. The molecule has 0 radical (unpaired) electrons. The average molecular weight is 472 g/mol. The second-order valence-corrected chi connectivity index (χ2v) is 9.99. The number of carboxylic acid groups (broad SMARTS) is 1. The molecule has 2 atom stereocenters. The molecule has 0 fully saturated rings. The molecule has 33 heavy (non-hydrogen) atoms. The van der Waals surface area contributed by atoms with E-state index in [0.29, 0.717) is 11.4 Å². The minimum atomic E-state index is -1.27. The minimum Gasteiger partial charge on any atom is -0.465 e. The topological polar surface area (TPSA) is 128 Å². The Morgan fingerprint density at radius 1 is 1.21 bits per heavy atom. The van der Waals surface area contributed by atoms with Crippen LogP contribution in [0, 0.1) is 5.41 Å². The van der Waals surface area contributed by atoms with E-state index in [9.17, 15) is 19.5 Å². The molecule has 176 valence electrons. The SMILES string of the molecule is CCCC[C@@H](C(=O)C(=O)Nc1ccn[nH]1)N(C(=O)O)[C@H](c1nc2ccccc2s1)C(C)(C)C. The van der Waals surface area contributed by atoms with E-state index in [2.05, 4.69) is 15.5 Å². The van der Waals surface area contributed by atoms with Gasteiger partial charge >= 0.3 is 6.09 Å². The van der Waals surface area contributed by atoms with Crippen molar-refractivity contribution in [1.29, 1.82) is 0 Å². The van der Waals surface area contributed by atoms with Crippen LogP contribution in [0.15, 0.2) is 36.5 Å². The number of Topliss-reactive ketones (excluding diaryl/α,β-unsaturated/α-hetero) is 1. The van der Waals surface area contributed by atoms with Gasteiger partial charge in [-0.05, 0) is 24.0 Å². The number of amides is 2. The molecule has 3 rings (SSSR count). The van der Waals surface area contributed by atoms with Gasteiger partial charge in [-0.25, -0.2) is 9.78 Å². The fraction of sp³-hybridized carbons (Fsp3) is 0.435. The lowest BCUT2D eigenvalue weighted by Gasteiger charge is -2.41. The molecule has 2 amide bonds. The lowest BCUT2D eigenvalue weighted by atomic mass is 9.84. The summed E-state index contributed by atoms with van der Waals surface area (Å²) in [5.41, 5.74) is 0.183. The molecule has 0 unspecified atom stereocenters. The number of carbonyl (C=O) groups is 3. The lowest BCUT2D eigenvalue weighted by molar-refractivity contribution is -0.139. The number of H-pyrrole nitrogens is 1. The number of aromatic nitrogens is 3. The minimum absolute atomic E-state index is 0.232. The third-order valence-corrected chi connectivity index (χ3v) is 6.39. The van der Waals surface area contributed by atoms with Gasteiger partial charge in [-0.2, -0.15) is 5.10 Å². The molecule has 0 saturated carbocycles. The van der Waals surface area contributed by atoms with E-state index >= 15 is 0 Å². The number of rotatable bonds is 9. The number of nitrogens with zero attached hydrogens (tertiary/aromatic N) is 3. The van der Waals surface area contributed by atoms with Crippen molar-refractivity contribution in [1.82, 2.24) is 20.1 Å². The number of para-hydroxylation sites is 1. The second kappa shape index (κ2) is 10.1. The predicted octanol–water partition coefficient (Wildman–Crippen LogP) is 4.85. The first kappa shape index (κ1) is 24.4. The summed E-state index contributed by atoms with van der Waals surface area (Å²) in [7, 11) is 0. The summed E-state index contributed by atoms with van der Waals surface area (Å²) in [6.45, 7) is 7.68. The van der Waals surface area contributed by atoms with E-state index in [-0.39, 0.29) is 12.2 Å². The summed E-state index contributed by atoms with van der Waals surface area (Å²) in [4.78, 5) is 44.5. The molecule has 9 nitrogen and oxygen atoms in total. The van der Waals surface area contributed by atoms with Gasteiger partial charge < -0.3 is 10.4 Å². The molecule has 2 aromatic heterocycles. The van der Waals surface area contributed by atoms with Gasteiger partial charge in [0.15, 0.2) is 0 Å². The van der Waals surface area contributed by atoms with Crippen LogP contribution in [0.4, 0.5) is 10.6 Å². The monoisotopic (exact) mass is 471 g/mol. The van der Waals surface area contributed by atoms with E-state index in [1.807, 2.05) is 52.0 Å². The highest BCUT2D eigenvalue weighted by molar-refractivity contribution is 7.18. The van der Waals surface area contributed by atoms with E-state index < -0.39 is 35.3 Å². The van der Waals surface area contributed by atoms with Gasteiger partial charge in [0.25, 0.3) is 5.91 Å². The number of benzene rings is 1. The smallest absolute Gasteiger partial charge is 0.408 e. The zero-order valence-corrected chi connectivity index (χ0v) is 20.0. The lowest BCUT2D eigenvalue weighted by Crippen LogP contribution is -2.52. The van der Waals surface area contributed by atoms with Gasteiger partial charge in [0.05, 0.1) is 22.5 Å². The maximum absolute atomic E-state index is 13.3. The zero-order chi connectivity index (χ0) is 24.2. The van der Waals surface area contributed by atoms with E-state index in [4.69, 9.17) is 4.98 Å². The number of aromatic amines is 1. The number of thiazole rings is 1. The van der Waals surface area contributed by atoms with Crippen LogP contribution in [0.2, 0.25) is 0 Å². The summed E-state index contributed by atoms with van der Waals surface area (Å²) in [6.07, 6.45) is 1.75. The number of nitrogens with one attached hydrogen (secondary N) is 2. The van der Waals surface area contributed by atoms with Crippen molar-refractivity contribution < 1.29 is 19.5 Å². The van der Waals surface area contributed by atoms with Crippen molar-refractivity contribution in [3.63, 3.8) is 0 Å². The average Bonchev–Trinajstić information content (AvgIpc) is 3.40. The van der Waals surface area contributed by atoms with Crippen LogP contribution in [0.1, 0.15) is 58.0 Å². The molecule has 3 N–H and O–H groups in total. The molecule has 0 aliphatic carbocycles. The van der Waals surface area contributed by atoms with Crippen molar-refractivity contribution in [2.24, 2.45) is 5.41 Å². The van der Waals surface area contributed by atoms with E-state index in [1.54, 1.807) is 0 Å². The van der Waals surface area contributed by atoms with Crippen LogP contribution in [-0.4, -0.2) is 49.0 Å². The molecule has 0 aliphatic rings. The summed E-state index contributed by atoms with van der Waals surface area (Å²) in [5.74, 6) is -1.43. The van der Waals surface area contributed by atoms with Crippen LogP contribution >= 0.6 is 11.3 Å². The standard InChI is InChI=1S/C23H29N5O4S/c1-5-6-10-15(18(29)20(30)26-17-12-13-24-27-17)28(22(31)32)19(23(2,3)4)21-25-14-9-7-8-11-16(14)33-21/h7-9,11-13,15,19H,5-6,10H2,1-4H3,(H,31,32)(H2,24,26,27,30)/t15-,19+/m0/s1. The van der Waals surface area contributed by atoms with Crippen LogP contribution < -0.4 is 5.32 Å². The van der Waals surface area contributed by atoms with E-state index in [0.717, 1.165) is 21.5 Å². The Balaban J connectivity index is 2.04. The first-order chi connectivity index (χ1) is 15.6. The van der Waals surface area contributed by atoms with Crippen molar-refractivity contribution in [2.45, 2.75) is 59.0 Å². The largest absolute Gasteiger partial charge is 0.465 e. The van der Waals surface area contributed by atoms with Gasteiger partial charge in [0, 0.05) is 6.07 Å². The maximum Gasteiger partial charge on any atom is 0.408 e. The number of carbonyl (C=O) groups excluding carboxylic acids is 2.